The molecule has 0 amide bonds. The van der Waals surface area contributed by atoms with Crippen molar-refractivity contribution in [3.05, 3.63) is 58.1 Å². The SMILES string of the molecule is N#Cc1ccc(S(=O)(=O)[C@H]2CN(S(=O)(=O)c3ccc(Cl)cc3Cl)C[C@@]2(O)CO)cc1. The summed E-state index contributed by atoms with van der Waals surface area (Å²) in [5.41, 5.74) is -2.00. The Morgan fingerprint density at radius 3 is 2.30 bits per heavy atom. The molecule has 12 heteroatoms. The van der Waals surface area contributed by atoms with Gasteiger partial charge in [-0.15, -0.1) is 0 Å². The first-order chi connectivity index (χ1) is 14.0. The lowest BCUT2D eigenvalue weighted by molar-refractivity contribution is 0.00160. The van der Waals surface area contributed by atoms with Gasteiger partial charge < -0.3 is 10.2 Å². The van der Waals surface area contributed by atoms with Crippen LogP contribution in [-0.4, -0.2) is 61.9 Å². The second-order valence-corrected chi connectivity index (χ2v) is 11.7. The summed E-state index contributed by atoms with van der Waals surface area (Å²) in [5.74, 6) is 0. The Labute approximate surface area is 183 Å². The highest BCUT2D eigenvalue weighted by atomic mass is 35.5. The fraction of sp³-hybridized carbons (Fsp3) is 0.278. The van der Waals surface area contributed by atoms with Crippen molar-refractivity contribution in [1.82, 2.24) is 4.31 Å². The first-order valence-corrected chi connectivity index (χ1v) is 12.2. The van der Waals surface area contributed by atoms with Crippen molar-refractivity contribution in [1.29, 1.82) is 5.26 Å². The van der Waals surface area contributed by atoms with Gasteiger partial charge in [0.25, 0.3) is 0 Å². The molecule has 0 aromatic heterocycles. The van der Waals surface area contributed by atoms with Crippen LogP contribution < -0.4 is 0 Å². The first kappa shape index (κ1) is 23.0. The van der Waals surface area contributed by atoms with Gasteiger partial charge in [-0.25, -0.2) is 16.8 Å². The number of benzene rings is 2. The molecule has 3 rings (SSSR count). The smallest absolute Gasteiger partial charge is 0.244 e. The topological polar surface area (TPSA) is 136 Å². The summed E-state index contributed by atoms with van der Waals surface area (Å²) in [7, 11) is -8.54. The number of aliphatic hydroxyl groups is 2. The molecule has 2 atom stereocenters. The molecule has 8 nitrogen and oxygen atoms in total. The zero-order chi connectivity index (χ0) is 22.3. The highest BCUT2D eigenvalue weighted by Gasteiger charge is 2.55. The maximum atomic E-state index is 13.1. The van der Waals surface area contributed by atoms with Crippen molar-refractivity contribution in [3.63, 3.8) is 0 Å². The molecule has 1 saturated heterocycles. The van der Waals surface area contributed by atoms with Crippen LogP contribution in [0, 0.1) is 11.3 Å². The van der Waals surface area contributed by atoms with Crippen LogP contribution in [0.2, 0.25) is 10.0 Å². The minimum Gasteiger partial charge on any atom is -0.393 e. The minimum absolute atomic E-state index is 0.159. The van der Waals surface area contributed by atoms with Crippen LogP contribution in [0.4, 0.5) is 0 Å². The van der Waals surface area contributed by atoms with Gasteiger partial charge in [-0.3, -0.25) is 0 Å². The highest BCUT2D eigenvalue weighted by molar-refractivity contribution is 7.92. The largest absolute Gasteiger partial charge is 0.393 e. The average Bonchev–Trinajstić information content (AvgIpc) is 3.07. The van der Waals surface area contributed by atoms with Gasteiger partial charge in [0.1, 0.15) is 15.7 Å². The molecule has 1 aliphatic heterocycles. The summed E-state index contributed by atoms with van der Waals surface area (Å²) in [6.45, 7) is -2.22. The van der Waals surface area contributed by atoms with Crippen LogP contribution in [0.15, 0.2) is 52.3 Å². The number of nitrogens with zero attached hydrogens (tertiary/aromatic N) is 2. The number of halogens is 2. The van der Waals surface area contributed by atoms with Gasteiger partial charge in [0.15, 0.2) is 9.84 Å². The van der Waals surface area contributed by atoms with Crippen LogP contribution in [0.5, 0.6) is 0 Å². The lowest BCUT2D eigenvalue weighted by atomic mass is 10.1. The number of sulfonamides is 1. The second kappa shape index (κ2) is 8.09. The number of aliphatic hydroxyl groups excluding tert-OH is 1. The lowest BCUT2D eigenvalue weighted by Crippen LogP contribution is -2.49. The maximum absolute atomic E-state index is 13.1. The van der Waals surface area contributed by atoms with E-state index in [1.54, 1.807) is 0 Å². The minimum atomic E-state index is -4.29. The van der Waals surface area contributed by atoms with Crippen LogP contribution in [-0.2, 0) is 19.9 Å². The Kier molecular flexibility index (Phi) is 6.19. The fourth-order valence-electron chi connectivity index (χ4n) is 3.26. The first-order valence-electron chi connectivity index (χ1n) is 8.48. The average molecular weight is 491 g/mol. The molecular weight excluding hydrogens is 475 g/mol. The van der Waals surface area contributed by atoms with E-state index in [1.807, 2.05) is 6.07 Å². The predicted molar refractivity (Wildman–Crippen MR) is 109 cm³/mol. The van der Waals surface area contributed by atoms with Gasteiger partial charge in [0.2, 0.25) is 10.0 Å². The van der Waals surface area contributed by atoms with Crippen molar-refractivity contribution >= 4 is 43.1 Å². The van der Waals surface area contributed by atoms with Crippen LogP contribution in [0.25, 0.3) is 0 Å². The summed E-state index contributed by atoms with van der Waals surface area (Å²) < 4.78 is 53.1. The van der Waals surface area contributed by atoms with Crippen molar-refractivity contribution in [2.45, 2.75) is 20.6 Å². The molecule has 0 bridgehead atoms. The molecular formula is C18H16Cl2N2O6S2. The molecule has 1 heterocycles. The quantitative estimate of drug-likeness (QED) is 0.646. The van der Waals surface area contributed by atoms with E-state index in [2.05, 4.69) is 0 Å². The summed E-state index contributed by atoms with van der Waals surface area (Å²) in [5, 5.41) is 27.8. The van der Waals surface area contributed by atoms with Gasteiger partial charge in [0, 0.05) is 18.1 Å². The Bertz CT molecular complexity index is 1230. The van der Waals surface area contributed by atoms with Crippen molar-refractivity contribution in [3.8, 4) is 6.07 Å². The molecule has 0 unspecified atom stereocenters. The highest BCUT2D eigenvalue weighted by Crippen LogP contribution is 2.36. The Morgan fingerprint density at radius 1 is 1.13 bits per heavy atom. The third-order valence-corrected chi connectivity index (χ3v) is 9.69. The Morgan fingerprint density at radius 2 is 1.77 bits per heavy atom. The molecule has 0 aliphatic carbocycles. The molecule has 0 saturated carbocycles. The Hall–Kier alpha value is -1.71. The summed E-state index contributed by atoms with van der Waals surface area (Å²) in [6, 6.07) is 10.6. The van der Waals surface area contributed by atoms with E-state index in [0.29, 0.717) is 0 Å². The van der Waals surface area contributed by atoms with Crippen molar-refractivity contribution < 1.29 is 27.0 Å². The number of nitriles is 1. The van der Waals surface area contributed by atoms with E-state index in [4.69, 9.17) is 28.5 Å². The second-order valence-electron chi connectivity index (χ2n) is 6.80. The summed E-state index contributed by atoms with van der Waals surface area (Å²) in [6.07, 6.45) is 0. The molecule has 2 aromatic rings. The number of hydrogen-bond acceptors (Lipinski definition) is 7. The lowest BCUT2D eigenvalue weighted by Gasteiger charge is -2.26. The van der Waals surface area contributed by atoms with E-state index < -0.39 is 50.4 Å². The van der Waals surface area contributed by atoms with Crippen LogP contribution >= 0.6 is 23.2 Å². The number of β-amino-alcohol motifs (C(OH)–C–C–N with tert-alkyl or cyclic N) is 1. The molecule has 0 spiro atoms. The molecule has 2 aromatic carbocycles. The standard InChI is InChI=1S/C18H16Cl2N2O6S2/c19-13-3-6-16(15(20)7-13)30(27,28)22-9-17(18(24,10-22)11-23)29(25,26)14-4-1-12(8-21)2-5-14/h1-7,17,23-24H,9-11H2/t17-,18+/m0/s1. The molecule has 0 radical (unpaired) electrons. The monoisotopic (exact) mass is 490 g/mol. The summed E-state index contributed by atoms with van der Waals surface area (Å²) in [4.78, 5) is -0.507. The Balaban J connectivity index is 2.02. The zero-order valence-electron chi connectivity index (χ0n) is 15.2. The number of sulfone groups is 1. The van der Waals surface area contributed by atoms with E-state index in [1.165, 1.54) is 42.5 Å². The van der Waals surface area contributed by atoms with Gasteiger partial charge >= 0.3 is 0 Å². The molecule has 1 fully saturated rings. The normalized spacial score (nSPS) is 22.7. The van der Waals surface area contributed by atoms with Gasteiger partial charge in [-0.1, -0.05) is 23.2 Å². The zero-order valence-corrected chi connectivity index (χ0v) is 18.4. The summed E-state index contributed by atoms with van der Waals surface area (Å²) >= 11 is 11.8. The van der Waals surface area contributed by atoms with E-state index >= 15 is 0 Å². The van der Waals surface area contributed by atoms with E-state index in [0.717, 1.165) is 4.31 Å². The molecule has 2 N–H and O–H groups in total. The van der Waals surface area contributed by atoms with Crippen molar-refractivity contribution in [2.75, 3.05) is 19.7 Å². The molecule has 1 aliphatic rings. The van der Waals surface area contributed by atoms with Gasteiger partial charge in [-0.05, 0) is 42.5 Å². The predicted octanol–water partition coefficient (Wildman–Crippen LogP) is 1.44. The molecule has 30 heavy (non-hydrogen) atoms. The van der Waals surface area contributed by atoms with Crippen LogP contribution in [0.3, 0.4) is 0 Å². The fourth-order valence-corrected chi connectivity index (χ4v) is 7.56. The van der Waals surface area contributed by atoms with E-state index in [-0.39, 0.29) is 25.4 Å². The number of hydrogen-bond donors (Lipinski definition) is 2. The van der Waals surface area contributed by atoms with Gasteiger partial charge in [0.05, 0.1) is 28.2 Å². The maximum Gasteiger partial charge on any atom is 0.244 e. The third kappa shape index (κ3) is 3.94. The van der Waals surface area contributed by atoms with Crippen molar-refractivity contribution in [2.24, 2.45) is 0 Å². The van der Waals surface area contributed by atoms with Gasteiger partial charge in [-0.2, -0.15) is 9.57 Å². The third-order valence-electron chi connectivity index (χ3n) is 4.89. The number of rotatable bonds is 5. The molecule has 160 valence electrons. The van der Waals surface area contributed by atoms with Crippen LogP contribution in [0.1, 0.15) is 5.56 Å². The van der Waals surface area contributed by atoms with E-state index in [9.17, 15) is 27.0 Å².